The van der Waals surface area contributed by atoms with Crippen molar-refractivity contribution in [3.63, 3.8) is 0 Å². The molecule has 0 N–H and O–H groups in total. The fraction of sp³-hybridized carbons (Fsp3) is 0.0213. The highest BCUT2D eigenvalue weighted by Gasteiger charge is 2.48. The fourth-order valence-corrected chi connectivity index (χ4v) is 7.84. The van der Waals surface area contributed by atoms with E-state index in [0.29, 0.717) is 17.2 Å². The van der Waals surface area contributed by atoms with Gasteiger partial charge in [-0.15, -0.1) is 0 Å². The molecule has 2 aromatic heterocycles. The Balaban J connectivity index is 1.14. The Bertz CT molecular complexity index is 2470. The van der Waals surface area contributed by atoms with Crippen LogP contribution in [0.4, 0.5) is 0 Å². The molecule has 0 radical (unpaired) electrons. The van der Waals surface area contributed by atoms with Crippen molar-refractivity contribution in [3.05, 3.63) is 204 Å². The van der Waals surface area contributed by atoms with Gasteiger partial charge in [-0.3, -0.25) is 4.98 Å². The molecule has 240 valence electrons. The summed E-state index contributed by atoms with van der Waals surface area (Å²) in [5, 5.41) is 0. The molecular formula is C47H30N2O2. The van der Waals surface area contributed by atoms with Crippen molar-refractivity contribution >= 4 is 0 Å². The Morgan fingerprint density at radius 2 is 1.08 bits per heavy atom. The Morgan fingerprint density at radius 3 is 1.82 bits per heavy atom. The highest BCUT2D eigenvalue weighted by Crippen LogP contribution is 2.62. The van der Waals surface area contributed by atoms with Crippen molar-refractivity contribution in [2.45, 2.75) is 5.41 Å². The SMILES string of the molecule is c1ccc(-c2cc(-c3ccc4c(c3)Oc3c(ccc5c3-c3ccccc3C5(c3ccccc3)c3ccccc3)O4)cc(-c3ccccn3)n2)cc1. The summed E-state index contributed by atoms with van der Waals surface area (Å²) in [6, 6.07) is 61.1. The molecule has 0 unspecified atom stereocenters. The topological polar surface area (TPSA) is 44.2 Å². The summed E-state index contributed by atoms with van der Waals surface area (Å²) in [5.41, 5.74) is 12.0. The second-order valence-electron chi connectivity index (χ2n) is 12.9. The third-order valence-electron chi connectivity index (χ3n) is 10.1. The van der Waals surface area contributed by atoms with Crippen LogP contribution in [-0.4, -0.2) is 9.97 Å². The van der Waals surface area contributed by atoms with E-state index in [0.717, 1.165) is 50.6 Å². The zero-order valence-corrected chi connectivity index (χ0v) is 27.5. The average molecular weight is 655 g/mol. The summed E-state index contributed by atoms with van der Waals surface area (Å²) < 4.78 is 13.6. The molecule has 10 rings (SSSR count). The first-order chi connectivity index (χ1) is 25.3. The molecule has 4 heteroatoms. The van der Waals surface area contributed by atoms with Crippen molar-refractivity contribution in [2.24, 2.45) is 0 Å². The van der Waals surface area contributed by atoms with Gasteiger partial charge in [0.2, 0.25) is 0 Å². The van der Waals surface area contributed by atoms with E-state index in [1.165, 1.54) is 22.3 Å². The van der Waals surface area contributed by atoms with Crippen molar-refractivity contribution in [2.75, 3.05) is 0 Å². The molecular weight excluding hydrogens is 625 g/mol. The Hall–Kier alpha value is -6.78. The van der Waals surface area contributed by atoms with Gasteiger partial charge in [0.05, 0.1) is 22.5 Å². The molecule has 0 bridgehead atoms. The van der Waals surface area contributed by atoms with Gasteiger partial charge in [-0.05, 0) is 81.4 Å². The molecule has 2 aliphatic rings. The summed E-state index contributed by atoms with van der Waals surface area (Å²) in [7, 11) is 0. The number of rotatable bonds is 5. The maximum atomic E-state index is 6.98. The first kappa shape index (κ1) is 29.2. The standard InChI is InChI=1S/C47H30N2O2/c1-4-14-31(15-5-1)40-28-33(29-41(49-40)39-22-12-13-27-48-39)32-23-25-42-44(30-32)51-46-43(50-42)26-24-38-45(46)36-20-10-11-21-37(36)47(38,34-16-6-2-7-17-34)35-18-8-3-9-19-35/h1-30H. The monoisotopic (exact) mass is 654 g/mol. The van der Waals surface area contributed by atoms with Crippen LogP contribution in [0.5, 0.6) is 23.0 Å². The molecule has 51 heavy (non-hydrogen) atoms. The van der Waals surface area contributed by atoms with Gasteiger partial charge in [0.25, 0.3) is 0 Å². The number of hydrogen-bond acceptors (Lipinski definition) is 4. The lowest BCUT2D eigenvalue weighted by molar-refractivity contribution is 0.360. The minimum atomic E-state index is -0.526. The van der Waals surface area contributed by atoms with Crippen molar-refractivity contribution in [3.8, 4) is 67.9 Å². The zero-order chi connectivity index (χ0) is 33.8. The second-order valence-corrected chi connectivity index (χ2v) is 12.9. The predicted octanol–water partition coefficient (Wildman–Crippen LogP) is 11.7. The summed E-state index contributed by atoms with van der Waals surface area (Å²) in [5.74, 6) is 2.78. The lowest BCUT2D eigenvalue weighted by Gasteiger charge is -2.34. The zero-order valence-electron chi connectivity index (χ0n) is 27.5. The number of pyridine rings is 2. The van der Waals surface area contributed by atoms with E-state index < -0.39 is 5.41 Å². The van der Waals surface area contributed by atoms with E-state index in [1.54, 1.807) is 6.20 Å². The van der Waals surface area contributed by atoms with Gasteiger partial charge in [-0.2, -0.15) is 0 Å². The highest BCUT2D eigenvalue weighted by atomic mass is 16.6. The minimum absolute atomic E-state index is 0.526. The average Bonchev–Trinajstić information content (AvgIpc) is 3.52. The van der Waals surface area contributed by atoms with Crippen LogP contribution in [0.2, 0.25) is 0 Å². The number of fused-ring (bicyclic) bond motifs is 6. The van der Waals surface area contributed by atoms with Crippen LogP contribution in [0, 0.1) is 0 Å². The molecule has 4 nitrogen and oxygen atoms in total. The Labute approximate surface area is 296 Å². The third-order valence-corrected chi connectivity index (χ3v) is 10.1. The van der Waals surface area contributed by atoms with Gasteiger partial charge in [0.1, 0.15) is 0 Å². The summed E-state index contributed by atoms with van der Waals surface area (Å²) in [4.78, 5) is 9.64. The number of hydrogen-bond donors (Lipinski definition) is 0. The Morgan fingerprint density at radius 1 is 0.412 bits per heavy atom. The van der Waals surface area contributed by atoms with E-state index in [1.807, 2.05) is 42.5 Å². The molecule has 0 saturated carbocycles. The maximum absolute atomic E-state index is 6.98. The molecule has 0 fully saturated rings. The van der Waals surface area contributed by atoms with Gasteiger partial charge in [0.15, 0.2) is 23.0 Å². The van der Waals surface area contributed by atoms with E-state index >= 15 is 0 Å². The van der Waals surface area contributed by atoms with Crippen molar-refractivity contribution < 1.29 is 9.47 Å². The Kier molecular flexibility index (Phi) is 6.68. The molecule has 0 spiro atoms. The van der Waals surface area contributed by atoms with Crippen molar-refractivity contribution in [1.82, 2.24) is 9.97 Å². The van der Waals surface area contributed by atoms with Gasteiger partial charge >= 0.3 is 0 Å². The van der Waals surface area contributed by atoms with Crippen molar-refractivity contribution in [1.29, 1.82) is 0 Å². The normalized spacial score (nSPS) is 13.2. The molecule has 0 atom stereocenters. The van der Waals surface area contributed by atoms with Crippen LogP contribution in [0.1, 0.15) is 22.3 Å². The minimum Gasteiger partial charge on any atom is -0.449 e. The molecule has 6 aromatic carbocycles. The van der Waals surface area contributed by atoms with Crippen LogP contribution >= 0.6 is 0 Å². The fourth-order valence-electron chi connectivity index (χ4n) is 7.84. The number of benzene rings is 6. The maximum Gasteiger partial charge on any atom is 0.178 e. The third kappa shape index (κ3) is 4.61. The van der Waals surface area contributed by atoms with Gasteiger partial charge < -0.3 is 9.47 Å². The van der Waals surface area contributed by atoms with E-state index in [2.05, 4.69) is 138 Å². The number of aromatic nitrogens is 2. The first-order valence-electron chi connectivity index (χ1n) is 17.1. The molecule has 1 aliphatic carbocycles. The molecule has 3 heterocycles. The van der Waals surface area contributed by atoms with Crippen LogP contribution in [-0.2, 0) is 5.41 Å². The van der Waals surface area contributed by atoms with Gasteiger partial charge in [-0.1, -0.05) is 133 Å². The quantitative estimate of drug-likeness (QED) is 0.185. The smallest absolute Gasteiger partial charge is 0.178 e. The summed E-state index contributed by atoms with van der Waals surface area (Å²) >= 11 is 0. The number of ether oxygens (including phenoxy) is 2. The lowest BCUT2D eigenvalue weighted by Crippen LogP contribution is -2.28. The van der Waals surface area contributed by atoms with Gasteiger partial charge in [-0.25, -0.2) is 4.98 Å². The summed E-state index contributed by atoms with van der Waals surface area (Å²) in [6.07, 6.45) is 1.80. The molecule has 8 aromatic rings. The van der Waals surface area contributed by atoms with Crippen LogP contribution < -0.4 is 9.47 Å². The van der Waals surface area contributed by atoms with Crippen LogP contribution in [0.15, 0.2) is 182 Å². The molecule has 1 aliphatic heterocycles. The second kappa shape index (κ2) is 11.7. The first-order valence-corrected chi connectivity index (χ1v) is 17.1. The van der Waals surface area contributed by atoms with Crippen LogP contribution in [0.25, 0.3) is 44.9 Å². The molecule has 0 saturated heterocycles. The van der Waals surface area contributed by atoms with Gasteiger partial charge in [0, 0.05) is 17.3 Å². The lowest BCUT2D eigenvalue weighted by atomic mass is 9.68. The number of nitrogens with zero attached hydrogens (tertiary/aromatic N) is 2. The van der Waals surface area contributed by atoms with E-state index in [9.17, 15) is 0 Å². The highest BCUT2D eigenvalue weighted by molar-refractivity contribution is 5.92. The van der Waals surface area contributed by atoms with Crippen LogP contribution in [0.3, 0.4) is 0 Å². The summed E-state index contributed by atoms with van der Waals surface area (Å²) in [6.45, 7) is 0. The largest absolute Gasteiger partial charge is 0.449 e. The van der Waals surface area contributed by atoms with E-state index in [-0.39, 0.29) is 0 Å². The molecule has 0 amide bonds. The van der Waals surface area contributed by atoms with E-state index in [4.69, 9.17) is 14.5 Å². The predicted molar refractivity (Wildman–Crippen MR) is 202 cm³/mol.